The zero-order valence-electron chi connectivity index (χ0n) is 18.8. The first-order chi connectivity index (χ1) is 15.6. The Morgan fingerprint density at radius 3 is 2.27 bits per heavy atom. The SMILES string of the molecule is Cc1cccc(C(=O)c2c(N(C(=O)O)C(C)(C)C)sc3c2ccc(=O)n3-c2ccccc2)c1. The number of thiophene rings is 1. The highest BCUT2D eigenvalue weighted by atomic mass is 32.1. The van der Waals surface area contributed by atoms with Gasteiger partial charge in [0.1, 0.15) is 9.83 Å². The molecule has 0 fully saturated rings. The normalized spacial score (nSPS) is 11.5. The number of aromatic nitrogens is 1. The van der Waals surface area contributed by atoms with E-state index in [1.165, 1.54) is 15.5 Å². The van der Waals surface area contributed by atoms with Crippen LogP contribution in [0.3, 0.4) is 0 Å². The predicted molar refractivity (Wildman–Crippen MR) is 132 cm³/mol. The summed E-state index contributed by atoms with van der Waals surface area (Å²) in [6.07, 6.45) is -1.17. The number of aryl methyl sites for hydroxylation is 1. The average molecular weight is 461 g/mol. The fourth-order valence-electron chi connectivity index (χ4n) is 3.88. The van der Waals surface area contributed by atoms with Crippen molar-refractivity contribution >= 4 is 38.4 Å². The lowest BCUT2D eigenvalue weighted by atomic mass is 9.99. The smallest absolute Gasteiger partial charge is 0.412 e. The minimum absolute atomic E-state index is 0.256. The topological polar surface area (TPSA) is 79.6 Å². The number of benzene rings is 2. The number of hydrogen-bond acceptors (Lipinski definition) is 4. The van der Waals surface area contributed by atoms with Crippen LogP contribution in [0.15, 0.2) is 71.5 Å². The molecule has 1 amide bonds. The maximum absolute atomic E-state index is 13.8. The van der Waals surface area contributed by atoms with Gasteiger partial charge in [-0.2, -0.15) is 0 Å². The molecule has 168 valence electrons. The van der Waals surface area contributed by atoms with Crippen molar-refractivity contribution in [2.75, 3.05) is 4.90 Å². The van der Waals surface area contributed by atoms with E-state index in [9.17, 15) is 19.5 Å². The number of carbonyl (C=O) groups excluding carboxylic acids is 1. The number of fused-ring (bicyclic) bond motifs is 1. The monoisotopic (exact) mass is 460 g/mol. The second kappa shape index (κ2) is 8.33. The molecule has 0 spiro atoms. The molecule has 2 aromatic heterocycles. The van der Waals surface area contributed by atoms with Crippen molar-refractivity contribution in [2.24, 2.45) is 0 Å². The van der Waals surface area contributed by atoms with Crippen LogP contribution in [0.2, 0.25) is 0 Å². The van der Waals surface area contributed by atoms with Crippen molar-refractivity contribution in [3.8, 4) is 5.69 Å². The van der Waals surface area contributed by atoms with Crippen molar-refractivity contribution in [3.05, 3.63) is 93.8 Å². The van der Waals surface area contributed by atoms with Gasteiger partial charge in [-0.05, 0) is 52.0 Å². The van der Waals surface area contributed by atoms with E-state index >= 15 is 0 Å². The van der Waals surface area contributed by atoms with Crippen LogP contribution >= 0.6 is 11.3 Å². The summed E-state index contributed by atoms with van der Waals surface area (Å²) in [4.78, 5) is 40.8. The first-order valence-corrected chi connectivity index (χ1v) is 11.3. The summed E-state index contributed by atoms with van der Waals surface area (Å²) in [5.74, 6) is -0.284. The van der Waals surface area contributed by atoms with E-state index in [0.29, 0.717) is 26.5 Å². The number of nitrogens with zero attached hydrogens (tertiary/aromatic N) is 2. The zero-order valence-corrected chi connectivity index (χ0v) is 19.6. The third-order valence-electron chi connectivity index (χ3n) is 5.31. The molecule has 1 N–H and O–H groups in total. The predicted octanol–water partition coefficient (Wildman–Crippen LogP) is 5.87. The number of carbonyl (C=O) groups is 2. The third kappa shape index (κ3) is 4.07. The number of ketones is 1. The number of hydrogen-bond donors (Lipinski definition) is 1. The number of rotatable bonds is 4. The Morgan fingerprint density at radius 2 is 1.67 bits per heavy atom. The molecule has 0 aliphatic rings. The highest BCUT2D eigenvalue weighted by molar-refractivity contribution is 7.23. The highest BCUT2D eigenvalue weighted by Crippen LogP contribution is 2.42. The van der Waals surface area contributed by atoms with Gasteiger partial charge in [0.25, 0.3) is 5.56 Å². The molecule has 33 heavy (non-hydrogen) atoms. The molecule has 7 heteroatoms. The molecule has 0 atom stereocenters. The van der Waals surface area contributed by atoms with Crippen LogP contribution in [0.5, 0.6) is 0 Å². The second-order valence-electron chi connectivity index (χ2n) is 8.83. The molecule has 0 bridgehead atoms. The Hall–Kier alpha value is -3.71. The van der Waals surface area contributed by atoms with E-state index in [1.807, 2.05) is 31.2 Å². The van der Waals surface area contributed by atoms with Gasteiger partial charge in [-0.15, -0.1) is 0 Å². The Balaban J connectivity index is 2.11. The molecule has 2 heterocycles. The summed E-state index contributed by atoms with van der Waals surface area (Å²) in [5, 5.41) is 10.9. The summed E-state index contributed by atoms with van der Waals surface area (Å²) in [7, 11) is 0. The van der Waals surface area contributed by atoms with Gasteiger partial charge in [0.15, 0.2) is 5.78 Å². The Labute approximate surface area is 195 Å². The largest absolute Gasteiger partial charge is 0.465 e. The molecule has 0 unspecified atom stereocenters. The highest BCUT2D eigenvalue weighted by Gasteiger charge is 2.35. The zero-order chi connectivity index (χ0) is 23.9. The van der Waals surface area contributed by atoms with Crippen molar-refractivity contribution in [1.29, 1.82) is 0 Å². The van der Waals surface area contributed by atoms with Gasteiger partial charge in [0.2, 0.25) is 0 Å². The van der Waals surface area contributed by atoms with Crippen molar-refractivity contribution in [2.45, 2.75) is 33.2 Å². The van der Waals surface area contributed by atoms with Crippen LogP contribution < -0.4 is 10.5 Å². The van der Waals surface area contributed by atoms with E-state index in [0.717, 1.165) is 16.9 Å². The lowest BCUT2D eigenvalue weighted by molar-refractivity contribution is 0.104. The number of amides is 1. The minimum atomic E-state index is -1.17. The molecular formula is C26H24N2O4S. The second-order valence-corrected chi connectivity index (χ2v) is 9.81. The molecule has 6 nitrogen and oxygen atoms in total. The van der Waals surface area contributed by atoms with Gasteiger partial charge in [-0.3, -0.25) is 19.1 Å². The van der Waals surface area contributed by atoms with Crippen molar-refractivity contribution < 1.29 is 14.7 Å². The fraction of sp³-hybridized carbons (Fsp3) is 0.192. The fourth-order valence-corrected chi connectivity index (χ4v) is 5.38. The molecular weight excluding hydrogens is 436 g/mol. The first-order valence-electron chi connectivity index (χ1n) is 10.5. The maximum Gasteiger partial charge on any atom is 0.412 e. The van der Waals surface area contributed by atoms with Gasteiger partial charge in [-0.25, -0.2) is 4.79 Å². The summed E-state index contributed by atoms with van der Waals surface area (Å²) in [6.45, 7) is 7.22. The van der Waals surface area contributed by atoms with Crippen molar-refractivity contribution in [1.82, 2.24) is 4.57 Å². The molecule has 4 aromatic rings. The average Bonchev–Trinajstić information content (AvgIpc) is 3.10. The van der Waals surface area contributed by atoms with Gasteiger partial charge >= 0.3 is 6.09 Å². The van der Waals surface area contributed by atoms with E-state index in [2.05, 4.69) is 0 Å². The minimum Gasteiger partial charge on any atom is -0.465 e. The van der Waals surface area contributed by atoms with E-state index in [1.54, 1.807) is 57.2 Å². The van der Waals surface area contributed by atoms with Gasteiger partial charge in [-0.1, -0.05) is 53.3 Å². The number of para-hydroxylation sites is 1. The first kappa shape index (κ1) is 22.5. The third-order valence-corrected chi connectivity index (χ3v) is 6.49. The molecule has 0 saturated heterocycles. The molecule has 2 aromatic carbocycles. The van der Waals surface area contributed by atoms with Gasteiger partial charge < -0.3 is 5.11 Å². The summed E-state index contributed by atoms with van der Waals surface area (Å²) in [5.41, 5.74) is 1.25. The Kier molecular flexibility index (Phi) is 5.68. The molecule has 0 radical (unpaired) electrons. The summed E-state index contributed by atoms with van der Waals surface area (Å²) >= 11 is 1.14. The lowest BCUT2D eigenvalue weighted by Crippen LogP contribution is -2.45. The molecule has 0 aliphatic heterocycles. The lowest BCUT2D eigenvalue weighted by Gasteiger charge is -2.32. The van der Waals surface area contributed by atoms with Gasteiger partial charge in [0, 0.05) is 22.6 Å². The van der Waals surface area contributed by atoms with Crippen LogP contribution in [0.1, 0.15) is 42.3 Å². The van der Waals surface area contributed by atoms with Crippen LogP contribution in [-0.2, 0) is 0 Å². The van der Waals surface area contributed by atoms with E-state index in [4.69, 9.17) is 0 Å². The Bertz CT molecular complexity index is 1430. The summed E-state index contributed by atoms with van der Waals surface area (Å²) in [6, 6.07) is 19.4. The van der Waals surface area contributed by atoms with Crippen LogP contribution in [0.25, 0.3) is 15.9 Å². The quantitative estimate of drug-likeness (QED) is 0.386. The van der Waals surface area contributed by atoms with Crippen molar-refractivity contribution in [3.63, 3.8) is 0 Å². The van der Waals surface area contributed by atoms with E-state index < -0.39 is 11.6 Å². The Morgan fingerprint density at radius 1 is 0.970 bits per heavy atom. The van der Waals surface area contributed by atoms with Gasteiger partial charge in [0.05, 0.1) is 11.3 Å². The van der Waals surface area contributed by atoms with E-state index in [-0.39, 0.29) is 16.9 Å². The number of carboxylic acid groups (broad SMARTS) is 1. The van der Waals surface area contributed by atoms with Crippen LogP contribution in [-0.4, -0.2) is 27.1 Å². The maximum atomic E-state index is 13.8. The molecule has 0 aliphatic carbocycles. The van der Waals surface area contributed by atoms with Crippen LogP contribution in [0.4, 0.5) is 9.80 Å². The summed E-state index contributed by atoms with van der Waals surface area (Å²) < 4.78 is 1.53. The molecule has 0 saturated carbocycles. The number of pyridine rings is 1. The number of anilines is 1. The van der Waals surface area contributed by atoms with Crippen LogP contribution in [0, 0.1) is 6.92 Å². The standard InChI is InChI=1S/C26H24N2O4S/c1-16-9-8-10-17(15-16)22(30)21-19-13-14-20(29)27(18-11-6-5-7-12-18)23(19)33-24(21)28(25(31)32)26(2,3)4/h5-15H,1-4H3,(H,31,32). The molecule has 4 rings (SSSR count).